The van der Waals surface area contributed by atoms with Gasteiger partial charge in [0.15, 0.2) is 23.0 Å². The molecule has 3 atom stereocenters. The first-order valence-corrected chi connectivity index (χ1v) is 9.75. The van der Waals surface area contributed by atoms with E-state index < -0.39 is 0 Å². The predicted molar refractivity (Wildman–Crippen MR) is 109 cm³/mol. The molecule has 0 aromatic heterocycles. The molecule has 2 aromatic carbocycles. The lowest BCUT2D eigenvalue weighted by molar-refractivity contribution is 0.329. The van der Waals surface area contributed by atoms with E-state index in [0.29, 0.717) is 17.8 Å². The normalized spacial score (nSPS) is 23.7. The minimum atomic E-state index is 0.392. The number of hydrogen-bond acceptors (Lipinski definition) is 5. The summed E-state index contributed by atoms with van der Waals surface area (Å²) >= 11 is 0. The molecule has 0 bridgehead atoms. The standard InChI is InChI=1S/C23H29NO4/c1-24-12-18-15-7-9-21(26-3)23(28-5)17(15)11-16(19(18)13-24)14-6-8-20(25-2)22(10-14)27-4/h6-10,16,18-19H,11-13H2,1-5H3. The summed E-state index contributed by atoms with van der Waals surface area (Å²) in [4.78, 5) is 2.44. The van der Waals surface area contributed by atoms with E-state index in [2.05, 4.69) is 30.1 Å². The zero-order chi connectivity index (χ0) is 19.8. The summed E-state index contributed by atoms with van der Waals surface area (Å²) in [7, 11) is 9.01. The summed E-state index contributed by atoms with van der Waals surface area (Å²) in [6.07, 6.45) is 0.931. The van der Waals surface area contributed by atoms with Crippen molar-refractivity contribution in [1.82, 2.24) is 4.90 Å². The van der Waals surface area contributed by atoms with Crippen LogP contribution in [0, 0.1) is 5.92 Å². The largest absolute Gasteiger partial charge is 0.493 e. The topological polar surface area (TPSA) is 40.2 Å². The van der Waals surface area contributed by atoms with Gasteiger partial charge in [0, 0.05) is 24.6 Å². The highest BCUT2D eigenvalue weighted by Crippen LogP contribution is 2.52. The van der Waals surface area contributed by atoms with Crippen molar-refractivity contribution in [1.29, 1.82) is 0 Å². The number of benzene rings is 2. The summed E-state index contributed by atoms with van der Waals surface area (Å²) in [5.74, 6) is 4.67. The predicted octanol–water partition coefficient (Wildman–Crippen LogP) is 3.71. The Bertz CT molecular complexity index is 866. The number of ether oxygens (including phenoxy) is 4. The lowest BCUT2D eigenvalue weighted by Gasteiger charge is -2.36. The molecule has 1 aliphatic heterocycles. The summed E-state index contributed by atoms with van der Waals surface area (Å²) in [6, 6.07) is 10.6. The van der Waals surface area contributed by atoms with Crippen molar-refractivity contribution >= 4 is 0 Å². The number of nitrogens with zero attached hydrogens (tertiary/aromatic N) is 1. The third-order valence-corrected chi connectivity index (χ3v) is 6.41. The van der Waals surface area contributed by atoms with Gasteiger partial charge >= 0.3 is 0 Å². The lowest BCUT2D eigenvalue weighted by atomic mass is 9.68. The Kier molecular flexibility index (Phi) is 5.11. The summed E-state index contributed by atoms with van der Waals surface area (Å²) in [5, 5.41) is 0. The van der Waals surface area contributed by atoms with Crippen molar-refractivity contribution < 1.29 is 18.9 Å². The van der Waals surface area contributed by atoms with Crippen LogP contribution in [0.15, 0.2) is 30.3 Å². The molecular formula is C23H29NO4. The molecule has 2 aliphatic rings. The molecule has 0 saturated carbocycles. The Morgan fingerprint density at radius 2 is 1.50 bits per heavy atom. The van der Waals surface area contributed by atoms with Gasteiger partial charge in [0.25, 0.3) is 0 Å². The monoisotopic (exact) mass is 383 g/mol. The molecule has 5 heteroatoms. The van der Waals surface area contributed by atoms with Crippen molar-refractivity contribution in [3.05, 3.63) is 47.0 Å². The Balaban J connectivity index is 1.82. The molecule has 1 aliphatic carbocycles. The van der Waals surface area contributed by atoms with E-state index in [9.17, 15) is 0 Å². The Morgan fingerprint density at radius 3 is 2.18 bits per heavy atom. The zero-order valence-electron chi connectivity index (χ0n) is 17.3. The van der Waals surface area contributed by atoms with Gasteiger partial charge in [-0.05, 0) is 54.6 Å². The molecule has 0 radical (unpaired) electrons. The minimum Gasteiger partial charge on any atom is -0.493 e. The van der Waals surface area contributed by atoms with Crippen molar-refractivity contribution in [2.24, 2.45) is 5.92 Å². The van der Waals surface area contributed by atoms with Crippen LogP contribution in [0.3, 0.4) is 0 Å². The molecule has 28 heavy (non-hydrogen) atoms. The fourth-order valence-electron chi connectivity index (χ4n) is 5.15. The third-order valence-electron chi connectivity index (χ3n) is 6.41. The first-order chi connectivity index (χ1) is 13.6. The highest BCUT2D eigenvalue weighted by atomic mass is 16.5. The van der Waals surface area contributed by atoms with E-state index in [-0.39, 0.29) is 0 Å². The summed E-state index contributed by atoms with van der Waals surface area (Å²) < 4.78 is 22.4. The average molecular weight is 383 g/mol. The third kappa shape index (κ3) is 2.98. The van der Waals surface area contributed by atoms with Gasteiger partial charge in [0.2, 0.25) is 0 Å². The highest BCUT2D eigenvalue weighted by molar-refractivity contribution is 5.55. The van der Waals surface area contributed by atoms with Crippen molar-refractivity contribution in [2.75, 3.05) is 48.6 Å². The van der Waals surface area contributed by atoms with Crippen molar-refractivity contribution in [3.63, 3.8) is 0 Å². The second kappa shape index (κ2) is 7.55. The number of hydrogen-bond donors (Lipinski definition) is 0. The van der Waals surface area contributed by atoms with Crippen LogP contribution >= 0.6 is 0 Å². The van der Waals surface area contributed by atoms with Gasteiger partial charge in [-0.1, -0.05) is 12.1 Å². The van der Waals surface area contributed by atoms with Gasteiger partial charge < -0.3 is 23.8 Å². The van der Waals surface area contributed by atoms with E-state index in [1.54, 1.807) is 28.4 Å². The lowest BCUT2D eigenvalue weighted by Crippen LogP contribution is -2.28. The molecule has 1 fully saturated rings. The maximum atomic E-state index is 5.79. The fourth-order valence-corrected chi connectivity index (χ4v) is 5.15. The van der Waals surface area contributed by atoms with Gasteiger partial charge in [-0.2, -0.15) is 0 Å². The molecule has 2 aromatic rings. The zero-order valence-corrected chi connectivity index (χ0v) is 17.3. The minimum absolute atomic E-state index is 0.392. The van der Waals surface area contributed by atoms with Crippen molar-refractivity contribution in [3.8, 4) is 23.0 Å². The van der Waals surface area contributed by atoms with Crippen LogP contribution in [0.4, 0.5) is 0 Å². The summed E-state index contributed by atoms with van der Waals surface area (Å²) in [5.41, 5.74) is 3.97. The first-order valence-electron chi connectivity index (χ1n) is 9.75. The highest BCUT2D eigenvalue weighted by Gasteiger charge is 2.44. The summed E-state index contributed by atoms with van der Waals surface area (Å²) in [6.45, 7) is 2.16. The second-order valence-electron chi connectivity index (χ2n) is 7.79. The van der Waals surface area contributed by atoms with Gasteiger partial charge in [-0.3, -0.25) is 0 Å². The molecule has 1 saturated heterocycles. The number of rotatable bonds is 5. The molecule has 0 amide bonds. The van der Waals surface area contributed by atoms with Gasteiger partial charge in [-0.25, -0.2) is 0 Å². The van der Waals surface area contributed by atoms with Crippen LogP contribution in [0.2, 0.25) is 0 Å². The van der Waals surface area contributed by atoms with Crippen LogP contribution in [0.25, 0.3) is 0 Å². The van der Waals surface area contributed by atoms with Gasteiger partial charge in [0.05, 0.1) is 28.4 Å². The second-order valence-corrected chi connectivity index (χ2v) is 7.79. The van der Waals surface area contributed by atoms with Gasteiger partial charge in [0.1, 0.15) is 0 Å². The Morgan fingerprint density at radius 1 is 0.786 bits per heavy atom. The van der Waals surface area contributed by atoms with E-state index in [0.717, 1.165) is 42.5 Å². The Hall–Kier alpha value is -2.40. The number of methoxy groups -OCH3 is 4. The van der Waals surface area contributed by atoms with E-state index in [4.69, 9.17) is 18.9 Å². The maximum Gasteiger partial charge on any atom is 0.164 e. The molecule has 1 heterocycles. The Labute approximate surface area is 167 Å². The quantitative estimate of drug-likeness (QED) is 0.787. The van der Waals surface area contributed by atoms with Crippen LogP contribution in [0.5, 0.6) is 23.0 Å². The molecule has 4 rings (SSSR count). The molecule has 150 valence electrons. The average Bonchev–Trinajstić information content (AvgIpc) is 3.12. The van der Waals surface area contributed by atoms with Crippen LogP contribution in [0.1, 0.15) is 28.5 Å². The van der Waals surface area contributed by atoms with Crippen molar-refractivity contribution in [2.45, 2.75) is 18.3 Å². The van der Waals surface area contributed by atoms with E-state index in [1.807, 2.05) is 12.1 Å². The maximum absolute atomic E-state index is 5.79. The SMILES string of the molecule is COc1ccc(C2Cc3c(ccc(OC)c3OC)C3CN(C)CC23)cc1OC. The van der Waals surface area contributed by atoms with Crippen LogP contribution in [-0.4, -0.2) is 53.5 Å². The van der Waals surface area contributed by atoms with Gasteiger partial charge in [-0.15, -0.1) is 0 Å². The first kappa shape index (κ1) is 18.9. The molecule has 3 unspecified atom stereocenters. The molecule has 5 nitrogen and oxygen atoms in total. The number of fused-ring (bicyclic) bond motifs is 3. The van der Waals surface area contributed by atoms with Crippen LogP contribution < -0.4 is 18.9 Å². The van der Waals surface area contributed by atoms with E-state index in [1.165, 1.54) is 16.7 Å². The number of likely N-dealkylation sites (tertiary alicyclic amines) is 1. The molecular weight excluding hydrogens is 354 g/mol. The fraction of sp³-hybridized carbons (Fsp3) is 0.478. The molecule has 0 N–H and O–H groups in total. The number of likely N-dealkylation sites (N-methyl/N-ethyl adjacent to an activating group) is 1. The smallest absolute Gasteiger partial charge is 0.164 e. The van der Waals surface area contributed by atoms with E-state index >= 15 is 0 Å². The van der Waals surface area contributed by atoms with Crippen LogP contribution in [-0.2, 0) is 6.42 Å². The molecule has 0 spiro atoms.